The minimum atomic E-state index is -0.287. The van der Waals surface area contributed by atoms with Gasteiger partial charge in [0.25, 0.3) is 5.91 Å². The maximum absolute atomic E-state index is 12.4. The first-order chi connectivity index (χ1) is 11.7. The van der Waals surface area contributed by atoms with E-state index in [9.17, 15) is 4.79 Å². The summed E-state index contributed by atoms with van der Waals surface area (Å²) >= 11 is 5.88. The van der Waals surface area contributed by atoms with Gasteiger partial charge in [0.2, 0.25) is 0 Å². The van der Waals surface area contributed by atoms with Crippen LogP contribution in [0.4, 0.5) is 5.82 Å². The van der Waals surface area contributed by atoms with E-state index in [0.29, 0.717) is 28.5 Å². The Morgan fingerprint density at radius 2 is 2.00 bits per heavy atom. The van der Waals surface area contributed by atoms with Crippen molar-refractivity contribution in [2.24, 2.45) is 0 Å². The molecule has 0 saturated carbocycles. The second-order valence-corrected chi connectivity index (χ2v) is 5.58. The van der Waals surface area contributed by atoms with E-state index in [1.165, 1.54) is 0 Å². The van der Waals surface area contributed by atoms with Crippen molar-refractivity contribution < 1.29 is 4.79 Å². The summed E-state index contributed by atoms with van der Waals surface area (Å²) in [5, 5.41) is 16.6. The maximum Gasteiger partial charge on any atom is 0.256 e. The number of amides is 1. The van der Waals surface area contributed by atoms with Crippen molar-refractivity contribution >= 4 is 23.3 Å². The van der Waals surface area contributed by atoms with E-state index in [2.05, 4.69) is 10.4 Å². The highest BCUT2D eigenvalue weighted by atomic mass is 35.5. The molecule has 0 atom stereocenters. The molecule has 1 amide bonds. The molecular formula is C18H13ClN4O. The number of carbonyl (C=O) groups excluding carboxylic acids is 1. The second kappa shape index (κ2) is 6.99. The van der Waals surface area contributed by atoms with Gasteiger partial charge in [-0.2, -0.15) is 10.4 Å². The molecule has 1 aromatic heterocycles. The van der Waals surface area contributed by atoms with Crippen LogP contribution in [-0.4, -0.2) is 15.7 Å². The predicted molar refractivity (Wildman–Crippen MR) is 91.9 cm³/mol. The smallest absolute Gasteiger partial charge is 0.256 e. The van der Waals surface area contributed by atoms with Crippen LogP contribution < -0.4 is 5.32 Å². The summed E-state index contributed by atoms with van der Waals surface area (Å²) in [5.41, 5.74) is 1.88. The fourth-order valence-corrected chi connectivity index (χ4v) is 2.37. The molecule has 24 heavy (non-hydrogen) atoms. The van der Waals surface area contributed by atoms with Crippen molar-refractivity contribution in [1.29, 1.82) is 5.26 Å². The Bertz CT molecular complexity index is 909. The summed E-state index contributed by atoms with van der Waals surface area (Å²) in [4.78, 5) is 12.4. The molecule has 0 aliphatic heterocycles. The van der Waals surface area contributed by atoms with Gasteiger partial charge in [0, 0.05) is 16.7 Å². The van der Waals surface area contributed by atoms with E-state index in [-0.39, 0.29) is 5.91 Å². The summed E-state index contributed by atoms with van der Waals surface area (Å²) in [6.07, 6.45) is 1.62. The molecule has 1 N–H and O–H groups in total. The first kappa shape index (κ1) is 15.8. The number of hydrogen-bond acceptors (Lipinski definition) is 3. The lowest BCUT2D eigenvalue weighted by Gasteiger charge is -2.09. The van der Waals surface area contributed by atoms with Crippen LogP contribution in [0.3, 0.4) is 0 Å². The zero-order chi connectivity index (χ0) is 16.9. The Labute approximate surface area is 144 Å². The highest BCUT2D eigenvalue weighted by Gasteiger charge is 2.10. The number of rotatable bonds is 4. The molecule has 0 aliphatic carbocycles. The molecule has 0 unspecified atom stereocenters. The minimum Gasteiger partial charge on any atom is -0.307 e. The molecule has 1 heterocycles. The quantitative estimate of drug-likeness (QED) is 0.789. The standard InChI is InChI=1S/C18H13ClN4O/c19-16-6-4-13(5-7-16)12-23-17(8-9-21-23)22-18(24)15-3-1-2-14(10-15)11-20/h1-10H,12H2,(H,22,24). The zero-order valence-electron chi connectivity index (χ0n) is 12.6. The largest absolute Gasteiger partial charge is 0.307 e. The Morgan fingerprint density at radius 1 is 1.21 bits per heavy atom. The van der Waals surface area contributed by atoms with E-state index >= 15 is 0 Å². The van der Waals surface area contributed by atoms with E-state index in [1.54, 1.807) is 41.2 Å². The molecule has 0 spiro atoms. The van der Waals surface area contributed by atoms with Gasteiger partial charge in [-0.25, -0.2) is 4.68 Å². The Morgan fingerprint density at radius 3 is 2.75 bits per heavy atom. The van der Waals surface area contributed by atoms with Gasteiger partial charge in [0.05, 0.1) is 24.4 Å². The van der Waals surface area contributed by atoms with Crippen LogP contribution in [0.25, 0.3) is 0 Å². The van der Waals surface area contributed by atoms with Crippen LogP contribution in [0, 0.1) is 11.3 Å². The monoisotopic (exact) mass is 336 g/mol. The molecule has 2 aromatic carbocycles. The predicted octanol–water partition coefficient (Wildman–Crippen LogP) is 3.71. The minimum absolute atomic E-state index is 0.287. The van der Waals surface area contributed by atoms with Crippen LogP contribution in [0.2, 0.25) is 5.02 Å². The van der Waals surface area contributed by atoms with E-state index in [4.69, 9.17) is 16.9 Å². The lowest BCUT2D eigenvalue weighted by molar-refractivity contribution is 0.102. The highest BCUT2D eigenvalue weighted by Crippen LogP contribution is 2.15. The van der Waals surface area contributed by atoms with Gasteiger partial charge in [-0.15, -0.1) is 0 Å². The number of halogens is 1. The van der Waals surface area contributed by atoms with Crippen molar-refractivity contribution in [2.75, 3.05) is 5.32 Å². The molecule has 6 heteroatoms. The average Bonchev–Trinajstić information content (AvgIpc) is 3.03. The second-order valence-electron chi connectivity index (χ2n) is 5.15. The fourth-order valence-electron chi connectivity index (χ4n) is 2.25. The molecule has 0 bridgehead atoms. The first-order valence-electron chi connectivity index (χ1n) is 7.23. The van der Waals surface area contributed by atoms with Crippen LogP contribution in [-0.2, 0) is 6.54 Å². The Balaban J connectivity index is 1.76. The molecule has 0 aliphatic rings. The maximum atomic E-state index is 12.4. The van der Waals surface area contributed by atoms with Crippen molar-refractivity contribution in [1.82, 2.24) is 9.78 Å². The van der Waals surface area contributed by atoms with Crippen molar-refractivity contribution in [3.8, 4) is 6.07 Å². The topological polar surface area (TPSA) is 70.7 Å². The molecule has 5 nitrogen and oxygen atoms in total. The van der Waals surface area contributed by atoms with Gasteiger partial charge in [-0.3, -0.25) is 4.79 Å². The van der Waals surface area contributed by atoms with E-state index < -0.39 is 0 Å². The molecule has 3 aromatic rings. The molecule has 0 saturated heterocycles. The zero-order valence-corrected chi connectivity index (χ0v) is 13.4. The number of nitrogens with zero attached hydrogens (tertiary/aromatic N) is 3. The number of nitriles is 1. The molecular weight excluding hydrogens is 324 g/mol. The molecule has 118 valence electrons. The Kier molecular flexibility index (Phi) is 4.59. The summed E-state index contributed by atoms with van der Waals surface area (Å²) in [6.45, 7) is 0.512. The normalized spacial score (nSPS) is 10.2. The highest BCUT2D eigenvalue weighted by molar-refractivity contribution is 6.30. The first-order valence-corrected chi connectivity index (χ1v) is 7.61. The van der Waals surface area contributed by atoms with Crippen LogP contribution >= 0.6 is 11.6 Å². The fraction of sp³-hybridized carbons (Fsp3) is 0.0556. The lowest BCUT2D eigenvalue weighted by Crippen LogP contribution is -2.16. The molecule has 0 radical (unpaired) electrons. The van der Waals surface area contributed by atoms with Gasteiger partial charge < -0.3 is 5.32 Å². The van der Waals surface area contributed by atoms with Crippen molar-refractivity contribution in [3.63, 3.8) is 0 Å². The van der Waals surface area contributed by atoms with Gasteiger partial charge >= 0.3 is 0 Å². The average molecular weight is 337 g/mol. The summed E-state index contributed by atoms with van der Waals surface area (Å²) in [7, 11) is 0. The van der Waals surface area contributed by atoms with Gasteiger partial charge in [-0.05, 0) is 35.9 Å². The molecule has 0 fully saturated rings. The van der Waals surface area contributed by atoms with Crippen LogP contribution in [0.5, 0.6) is 0 Å². The summed E-state index contributed by atoms with van der Waals surface area (Å²) in [5.74, 6) is 0.294. The van der Waals surface area contributed by atoms with Gasteiger partial charge in [-0.1, -0.05) is 29.8 Å². The third-order valence-electron chi connectivity index (χ3n) is 3.46. The van der Waals surface area contributed by atoms with E-state index in [0.717, 1.165) is 5.56 Å². The number of benzene rings is 2. The Hall–Kier alpha value is -3.10. The molecule has 3 rings (SSSR count). The van der Waals surface area contributed by atoms with Gasteiger partial charge in [0.15, 0.2) is 0 Å². The number of carbonyl (C=O) groups is 1. The lowest BCUT2D eigenvalue weighted by atomic mass is 10.1. The third-order valence-corrected chi connectivity index (χ3v) is 3.71. The SMILES string of the molecule is N#Cc1cccc(C(=O)Nc2ccnn2Cc2ccc(Cl)cc2)c1. The summed E-state index contributed by atoms with van der Waals surface area (Å²) < 4.78 is 1.69. The number of hydrogen-bond donors (Lipinski definition) is 1. The van der Waals surface area contributed by atoms with Crippen molar-refractivity contribution in [2.45, 2.75) is 6.54 Å². The van der Waals surface area contributed by atoms with Crippen molar-refractivity contribution in [3.05, 3.63) is 82.5 Å². The van der Waals surface area contributed by atoms with Crippen LogP contribution in [0.15, 0.2) is 60.8 Å². The van der Waals surface area contributed by atoms with Crippen LogP contribution in [0.1, 0.15) is 21.5 Å². The van der Waals surface area contributed by atoms with E-state index in [1.807, 2.05) is 30.3 Å². The third kappa shape index (κ3) is 3.62. The van der Waals surface area contributed by atoms with Gasteiger partial charge in [0.1, 0.15) is 5.82 Å². The number of nitrogens with one attached hydrogen (secondary N) is 1. The summed E-state index contributed by atoms with van der Waals surface area (Å²) in [6, 6.07) is 17.7. The number of anilines is 1. The number of aromatic nitrogens is 2.